The van der Waals surface area contributed by atoms with Crippen molar-refractivity contribution in [2.75, 3.05) is 33.4 Å². The van der Waals surface area contributed by atoms with Gasteiger partial charge in [0.2, 0.25) is 5.91 Å². The molecule has 0 aliphatic carbocycles. The zero-order valence-corrected chi connectivity index (χ0v) is 20.9. The Balaban J connectivity index is 1.41. The van der Waals surface area contributed by atoms with E-state index in [1.807, 2.05) is 12.1 Å². The molecule has 1 fully saturated rings. The Labute approximate surface area is 214 Å². The first-order chi connectivity index (χ1) is 16.8. The van der Waals surface area contributed by atoms with Gasteiger partial charge in [-0.3, -0.25) is 14.5 Å². The largest absolute Gasteiger partial charge is 0.465 e. The molecule has 1 aliphatic rings. The number of amides is 2. The number of carbonyl (C=O) groups excluding carboxylic acids is 3. The Hall–Kier alpha value is -2.65. The minimum absolute atomic E-state index is 0.230. The molecular formula is C25H29Cl2N3O5. The molecule has 2 aromatic carbocycles. The molecule has 35 heavy (non-hydrogen) atoms. The summed E-state index contributed by atoms with van der Waals surface area (Å²) in [4.78, 5) is 38.8. The number of esters is 1. The van der Waals surface area contributed by atoms with Crippen LogP contribution in [0.15, 0.2) is 42.5 Å². The van der Waals surface area contributed by atoms with Gasteiger partial charge in [-0.2, -0.15) is 0 Å². The lowest BCUT2D eigenvalue weighted by atomic mass is 9.96. The maximum Gasteiger partial charge on any atom is 0.337 e. The highest BCUT2D eigenvalue weighted by atomic mass is 35.5. The lowest BCUT2D eigenvalue weighted by molar-refractivity contribution is -0.124. The summed E-state index contributed by atoms with van der Waals surface area (Å²) in [6, 6.07) is 10.7. The van der Waals surface area contributed by atoms with Crippen molar-refractivity contribution in [1.82, 2.24) is 15.5 Å². The van der Waals surface area contributed by atoms with E-state index in [9.17, 15) is 19.5 Å². The number of halogens is 2. The minimum atomic E-state index is -1.06. The van der Waals surface area contributed by atoms with Crippen LogP contribution >= 0.6 is 23.2 Å². The van der Waals surface area contributed by atoms with E-state index in [1.54, 1.807) is 12.1 Å². The van der Waals surface area contributed by atoms with E-state index in [0.717, 1.165) is 38.0 Å². The van der Waals surface area contributed by atoms with Gasteiger partial charge in [0.25, 0.3) is 5.91 Å². The van der Waals surface area contributed by atoms with Crippen molar-refractivity contribution in [3.05, 3.63) is 69.2 Å². The van der Waals surface area contributed by atoms with E-state index >= 15 is 0 Å². The highest BCUT2D eigenvalue weighted by Gasteiger charge is 2.24. The van der Waals surface area contributed by atoms with Crippen LogP contribution in [0.25, 0.3) is 0 Å². The summed E-state index contributed by atoms with van der Waals surface area (Å²) in [5, 5.41) is 15.5. The lowest BCUT2D eigenvalue weighted by Gasteiger charge is -2.32. The van der Waals surface area contributed by atoms with Crippen molar-refractivity contribution in [2.45, 2.75) is 25.4 Å². The molecule has 0 radical (unpaired) electrons. The minimum Gasteiger partial charge on any atom is -0.465 e. The van der Waals surface area contributed by atoms with Crippen molar-refractivity contribution in [2.24, 2.45) is 5.92 Å². The zero-order chi connectivity index (χ0) is 25.4. The molecular weight excluding hydrogens is 493 g/mol. The van der Waals surface area contributed by atoms with Gasteiger partial charge in [0, 0.05) is 18.7 Å². The molecule has 3 rings (SSSR count). The summed E-state index contributed by atoms with van der Waals surface area (Å²) in [5.74, 6) is -1.00. The Morgan fingerprint density at radius 2 is 1.71 bits per heavy atom. The number of methoxy groups -OCH3 is 1. The summed E-state index contributed by atoms with van der Waals surface area (Å²) >= 11 is 11.8. The molecule has 2 aromatic rings. The second-order valence-electron chi connectivity index (χ2n) is 8.49. The highest BCUT2D eigenvalue weighted by Crippen LogP contribution is 2.22. The van der Waals surface area contributed by atoms with Gasteiger partial charge >= 0.3 is 5.97 Å². The van der Waals surface area contributed by atoms with Gasteiger partial charge in [-0.15, -0.1) is 0 Å². The second kappa shape index (κ2) is 12.9. The number of hydrogen-bond donors (Lipinski definition) is 3. The van der Waals surface area contributed by atoms with Crippen LogP contribution in [0.2, 0.25) is 10.0 Å². The molecule has 3 N–H and O–H groups in total. The topological polar surface area (TPSA) is 108 Å². The number of piperidine rings is 1. The molecule has 0 aromatic heterocycles. The number of likely N-dealkylation sites (tertiary alicyclic amines) is 1. The van der Waals surface area contributed by atoms with Crippen molar-refractivity contribution >= 4 is 41.0 Å². The number of rotatable bonds is 9. The molecule has 0 spiro atoms. The van der Waals surface area contributed by atoms with Crippen LogP contribution in [0.4, 0.5) is 0 Å². The summed E-state index contributed by atoms with van der Waals surface area (Å²) in [5.41, 5.74) is 1.89. The molecule has 1 aliphatic heterocycles. The third-order valence-electron chi connectivity index (χ3n) is 6.04. The monoisotopic (exact) mass is 521 g/mol. The molecule has 188 valence electrons. The molecule has 8 nitrogen and oxygen atoms in total. The number of aliphatic hydroxyl groups excluding tert-OH is 1. The van der Waals surface area contributed by atoms with Gasteiger partial charge < -0.3 is 20.5 Å². The summed E-state index contributed by atoms with van der Waals surface area (Å²) < 4.78 is 4.72. The molecule has 0 bridgehead atoms. The maximum atomic E-state index is 12.5. The SMILES string of the molecule is COC(=O)c1ccc(CN2CCC(CNC(=O)[C@H](CO)NC(=O)c3ccc(Cl)c(Cl)c3)CC2)cc1. The number of benzene rings is 2. The Morgan fingerprint density at radius 1 is 1.06 bits per heavy atom. The van der Waals surface area contributed by atoms with Crippen LogP contribution < -0.4 is 10.6 Å². The fraction of sp³-hybridized carbons (Fsp3) is 0.400. The summed E-state index contributed by atoms with van der Waals surface area (Å²) in [7, 11) is 1.36. The van der Waals surface area contributed by atoms with E-state index in [-0.39, 0.29) is 16.6 Å². The molecule has 10 heteroatoms. The van der Waals surface area contributed by atoms with E-state index in [1.165, 1.54) is 25.3 Å². The number of nitrogens with zero attached hydrogens (tertiary/aromatic N) is 1. The molecule has 0 unspecified atom stereocenters. The number of carbonyl (C=O) groups is 3. The fourth-order valence-corrected chi connectivity index (χ4v) is 4.21. The van der Waals surface area contributed by atoms with Crippen LogP contribution in [0.3, 0.4) is 0 Å². The third-order valence-corrected chi connectivity index (χ3v) is 6.78. The zero-order valence-electron chi connectivity index (χ0n) is 19.4. The molecule has 2 amide bonds. The average molecular weight is 522 g/mol. The van der Waals surface area contributed by atoms with Gasteiger partial charge in [-0.05, 0) is 67.7 Å². The first-order valence-corrected chi connectivity index (χ1v) is 12.1. The van der Waals surface area contributed by atoms with Crippen LogP contribution in [0.1, 0.15) is 39.1 Å². The summed E-state index contributed by atoms with van der Waals surface area (Å²) in [6.45, 7) is 2.51. The maximum absolute atomic E-state index is 12.5. The van der Waals surface area contributed by atoms with Gasteiger partial charge in [-0.1, -0.05) is 35.3 Å². The van der Waals surface area contributed by atoms with Crippen LogP contribution in [-0.2, 0) is 16.1 Å². The van der Waals surface area contributed by atoms with E-state index in [0.29, 0.717) is 23.0 Å². The second-order valence-corrected chi connectivity index (χ2v) is 9.31. The Kier molecular flexibility index (Phi) is 9.92. The molecule has 1 heterocycles. The van der Waals surface area contributed by atoms with Gasteiger partial charge in [0.05, 0.1) is 29.3 Å². The number of aliphatic hydroxyl groups is 1. The Bertz CT molecular complexity index is 1040. The molecule has 1 atom stereocenters. The van der Waals surface area contributed by atoms with Gasteiger partial charge in [-0.25, -0.2) is 4.79 Å². The van der Waals surface area contributed by atoms with Crippen LogP contribution in [0, 0.1) is 5.92 Å². The summed E-state index contributed by atoms with van der Waals surface area (Å²) in [6.07, 6.45) is 1.83. The van der Waals surface area contributed by atoms with Crippen molar-refractivity contribution < 1.29 is 24.2 Å². The quantitative estimate of drug-likeness (QED) is 0.438. The van der Waals surface area contributed by atoms with Crippen LogP contribution in [0.5, 0.6) is 0 Å². The van der Waals surface area contributed by atoms with E-state index in [2.05, 4.69) is 15.5 Å². The predicted molar refractivity (Wildman–Crippen MR) is 134 cm³/mol. The number of ether oxygens (including phenoxy) is 1. The van der Waals surface area contributed by atoms with Crippen LogP contribution in [-0.4, -0.2) is 67.2 Å². The van der Waals surface area contributed by atoms with Gasteiger partial charge in [0.15, 0.2) is 0 Å². The van der Waals surface area contributed by atoms with Crippen molar-refractivity contribution in [1.29, 1.82) is 0 Å². The first-order valence-electron chi connectivity index (χ1n) is 11.3. The van der Waals surface area contributed by atoms with E-state index in [4.69, 9.17) is 27.9 Å². The standard InChI is InChI=1S/C25H29Cl2N3O5/c1-35-25(34)18-4-2-17(3-5-18)14-30-10-8-16(9-11-30)13-28-24(33)22(15-31)29-23(32)19-6-7-20(26)21(27)12-19/h2-7,12,16,22,31H,8-11,13-15H2,1H3,(H,28,33)(H,29,32)/t22-/m0/s1. The highest BCUT2D eigenvalue weighted by molar-refractivity contribution is 6.42. The molecule has 0 saturated carbocycles. The van der Waals surface area contributed by atoms with E-state index < -0.39 is 24.5 Å². The number of hydrogen-bond acceptors (Lipinski definition) is 6. The van der Waals surface area contributed by atoms with Crippen molar-refractivity contribution in [3.63, 3.8) is 0 Å². The normalized spacial score (nSPS) is 15.3. The fourth-order valence-electron chi connectivity index (χ4n) is 3.91. The lowest BCUT2D eigenvalue weighted by Crippen LogP contribution is -2.50. The van der Waals surface area contributed by atoms with Crippen molar-refractivity contribution in [3.8, 4) is 0 Å². The number of nitrogens with one attached hydrogen (secondary N) is 2. The smallest absolute Gasteiger partial charge is 0.337 e. The Morgan fingerprint density at radius 3 is 2.31 bits per heavy atom. The van der Waals surface area contributed by atoms with Gasteiger partial charge in [0.1, 0.15) is 6.04 Å². The third kappa shape index (κ3) is 7.67. The first kappa shape index (κ1) is 26.9. The molecule has 1 saturated heterocycles. The average Bonchev–Trinajstić information content (AvgIpc) is 2.88. The predicted octanol–water partition coefficient (Wildman–Crippen LogP) is 2.90.